The molecule has 2 aromatic rings. The molecule has 0 bridgehead atoms. The molecule has 0 aliphatic carbocycles. The van der Waals surface area contributed by atoms with E-state index in [9.17, 15) is 0 Å². The largest absolute Gasteiger partial charge is 0.381 e. The lowest BCUT2D eigenvalue weighted by Gasteiger charge is -2.10. The van der Waals surface area contributed by atoms with Crippen LogP contribution in [0.3, 0.4) is 0 Å². The zero-order chi connectivity index (χ0) is 13.2. The van der Waals surface area contributed by atoms with Crippen LogP contribution in [-0.2, 0) is 11.2 Å². The molecule has 0 amide bonds. The fourth-order valence-corrected chi connectivity index (χ4v) is 3.43. The number of aromatic nitrogens is 2. The number of nitrogens with one attached hydrogen (secondary N) is 1. The highest BCUT2D eigenvalue weighted by Crippen LogP contribution is 2.30. The SMILES string of the molecule is CCc1cc2c(NCC3CCOC3)nc(Cl)nc2s1. The molecule has 1 N–H and O–H groups in total. The fourth-order valence-electron chi connectivity index (χ4n) is 2.24. The van der Waals surface area contributed by atoms with Crippen LogP contribution in [0.5, 0.6) is 0 Å². The van der Waals surface area contributed by atoms with Crippen LogP contribution in [0, 0.1) is 5.92 Å². The summed E-state index contributed by atoms with van der Waals surface area (Å²) in [6.45, 7) is 4.71. The first-order valence-corrected chi connectivity index (χ1v) is 7.73. The Morgan fingerprint density at radius 3 is 3.16 bits per heavy atom. The highest BCUT2D eigenvalue weighted by atomic mass is 35.5. The summed E-state index contributed by atoms with van der Waals surface area (Å²) in [6.07, 6.45) is 2.12. The van der Waals surface area contributed by atoms with Crippen molar-refractivity contribution in [3.05, 3.63) is 16.2 Å². The van der Waals surface area contributed by atoms with E-state index in [0.717, 1.165) is 48.6 Å². The Morgan fingerprint density at radius 2 is 2.42 bits per heavy atom. The molecule has 4 nitrogen and oxygen atoms in total. The minimum atomic E-state index is 0.308. The van der Waals surface area contributed by atoms with E-state index in [-0.39, 0.29) is 0 Å². The van der Waals surface area contributed by atoms with Gasteiger partial charge in [-0.3, -0.25) is 0 Å². The van der Waals surface area contributed by atoms with Crippen LogP contribution in [0.25, 0.3) is 10.2 Å². The summed E-state index contributed by atoms with van der Waals surface area (Å²) in [5.41, 5.74) is 0. The van der Waals surface area contributed by atoms with Gasteiger partial charge in [-0.25, -0.2) is 9.97 Å². The minimum Gasteiger partial charge on any atom is -0.381 e. The van der Waals surface area contributed by atoms with Crippen molar-refractivity contribution in [2.24, 2.45) is 5.92 Å². The molecule has 6 heteroatoms. The van der Waals surface area contributed by atoms with Crippen LogP contribution in [0.15, 0.2) is 6.07 Å². The Kier molecular flexibility index (Phi) is 3.86. The van der Waals surface area contributed by atoms with Crippen molar-refractivity contribution in [1.29, 1.82) is 0 Å². The first kappa shape index (κ1) is 13.1. The summed E-state index contributed by atoms with van der Waals surface area (Å²) >= 11 is 7.67. The second kappa shape index (κ2) is 5.61. The highest BCUT2D eigenvalue weighted by Gasteiger charge is 2.17. The number of hydrogen-bond acceptors (Lipinski definition) is 5. The monoisotopic (exact) mass is 297 g/mol. The quantitative estimate of drug-likeness (QED) is 0.879. The predicted octanol–water partition coefficient (Wildman–Crippen LogP) is 3.36. The number of ether oxygens (including phenoxy) is 1. The average Bonchev–Trinajstić information content (AvgIpc) is 3.04. The van der Waals surface area contributed by atoms with Crippen molar-refractivity contribution >= 4 is 39.0 Å². The predicted molar refractivity (Wildman–Crippen MR) is 79.2 cm³/mol. The number of halogens is 1. The maximum atomic E-state index is 5.99. The van der Waals surface area contributed by atoms with Gasteiger partial charge in [0.1, 0.15) is 10.6 Å². The number of nitrogens with zero attached hydrogens (tertiary/aromatic N) is 2. The van der Waals surface area contributed by atoms with Gasteiger partial charge < -0.3 is 10.1 Å². The zero-order valence-electron chi connectivity index (χ0n) is 10.8. The lowest BCUT2D eigenvalue weighted by molar-refractivity contribution is 0.187. The van der Waals surface area contributed by atoms with Crippen LogP contribution in [0.4, 0.5) is 5.82 Å². The molecule has 3 rings (SSSR count). The third-order valence-corrected chi connectivity index (χ3v) is 4.69. The molecule has 1 saturated heterocycles. The molecule has 2 aromatic heterocycles. The topological polar surface area (TPSA) is 47.0 Å². The lowest BCUT2D eigenvalue weighted by atomic mass is 10.1. The summed E-state index contributed by atoms with van der Waals surface area (Å²) in [5, 5.41) is 4.78. The van der Waals surface area contributed by atoms with Gasteiger partial charge in [-0.15, -0.1) is 11.3 Å². The Labute approximate surface area is 121 Å². The summed E-state index contributed by atoms with van der Waals surface area (Å²) in [4.78, 5) is 10.9. The van der Waals surface area contributed by atoms with Crippen molar-refractivity contribution in [2.45, 2.75) is 19.8 Å². The normalized spacial score (nSPS) is 19.2. The van der Waals surface area contributed by atoms with E-state index in [4.69, 9.17) is 16.3 Å². The number of rotatable bonds is 4. The molecule has 1 aliphatic heterocycles. The van der Waals surface area contributed by atoms with Crippen molar-refractivity contribution in [2.75, 3.05) is 25.1 Å². The van der Waals surface area contributed by atoms with E-state index < -0.39 is 0 Å². The van der Waals surface area contributed by atoms with Gasteiger partial charge >= 0.3 is 0 Å². The van der Waals surface area contributed by atoms with Gasteiger partial charge in [-0.2, -0.15) is 0 Å². The van der Waals surface area contributed by atoms with Gasteiger partial charge in [0.05, 0.1) is 12.0 Å². The Hall–Kier alpha value is -0.910. The van der Waals surface area contributed by atoms with E-state index in [0.29, 0.717) is 11.2 Å². The van der Waals surface area contributed by atoms with Gasteiger partial charge in [0.25, 0.3) is 0 Å². The van der Waals surface area contributed by atoms with E-state index >= 15 is 0 Å². The molecule has 102 valence electrons. The van der Waals surface area contributed by atoms with Gasteiger partial charge in [0.15, 0.2) is 0 Å². The lowest BCUT2D eigenvalue weighted by Crippen LogP contribution is -2.15. The molecule has 0 spiro atoms. The highest BCUT2D eigenvalue weighted by molar-refractivity contribution is 7.18. The first-order valence-electron chi connectivity index (χ1n) is 6.54. The van der Waals surface area contributed by atoms with Gasteiger partial charge in [0, 0.05) is 23.9 Å². The molecular formula is C13H16ClN3OS. The van der Waals surface area contributed by atoms with E-state index in [2.05, 4.69) is 28.3 Å². The molecule has 3 heterocycles. The third-order valence-electron chi connectivity index (χ3n) is 3.35. The standard InChI is InChI=1S/C13H16ClN3OS/c1-2-9-5-10-11(15-6-8-3-4-18-7-8)16-13(14)17-12(10)19-9/h5,8H,2-4,6-7H2,1H3,(H,15,16,17). The van der Waals surface area contributed by atoms with E-state index in [1.54, 1.807) is 11.3 Å². The number of aryl methyl sites for hydroxylation is 1. The molecule has 1 unspecified atom stereocenters. The van der Waals surface area contributed by atoms with Crippen molar-refractivity contribution in [3.8, 4) is 0 Å². The summed E-state index contributed by atoms with van der Waals surface area (Å²) in [5.74, 6) is 1.41. The molecule has 1 aliphatic rings. The van der Waals surface area contributed by atoms with E-state index in [1.165, 1.54) is 4.88 Å². The zero-order valence-corrected chi connectivity index (χ0v) is 12.4. The van der Waals surface area contributed by atoms with Crippen molar-refractivity contribution in [3.63, 3.8) is 0 Å². The second-order valence-electron chi connectivity index (χ2n) is 4.74. The first-order chi connectivity index (χ1) is 9.26. The number of anilines is 1. The van der Waals surface area contributed by atoms with Crippen molar-refractivity contribution < 1.29 is 4.74 Å². The van der Waals surface area contributed by atoms with Crippen LogP contribution < -0.4 is 5.32 Å². The molecule has 1 fully saturated rings. The number of thiophene rings is 1. The maximum Gasteiger partial charge on any atom is 0.225 e. The molecule has 0 radical (unpaired) electrons. The second-order valence-corrected chi connectivity index (χ2v) is 6.19. The van der Waals surface area contributed by atoms with Gasteiger partial charge in [-0.05, 0) is 30.5 Å². The minimum absolute atomic E-state index is 0.308. The smallest absolute Gasteiger partial charge is 0.225 e. The molecule has 19 heavy (non-hydrogen) atoms. The van der Waals surface area contributed by atoms with Gasteiger partial charge in [-0.1, -0.05) is 6.92 Å². The van der Waals surface area contributed by atoms with Crippen LogP contribution >= 0.6 is 22.9 Å². The fraction of sp³-hybridized carbons (Fsp3) is 0.538. The maximum absolute atomic E-state index is 5.99. The van der Waals surface area contributed by atoms with E-state index in [1.807, 2.05) is 0 Å². The molecule has 1 atom stereocenters. The number of hydrogen-bond donors (Lipinski definition) is 1. The summed E-state index contributed by atoms with van der Waals surface area (Å²) in [7, 11) is 0. The Balaban J connectivity index is 1.85. The Bertz CT molecular complexity index is 581. The number of fused-ring (bicyclic) bond motifs is 1. The van der Waals surface area contributed by atoms with Crippen LogP contribution in [0.1, 0.15) is 18.2 Å². The molecule has 0 aromatic carbocycles. The summed E-state index contributed by atoms with van der Waals surface area (Å²) in [6, 6.07) is 2.16. The van der Waals surface area contributed by atoms with Crippen LogP contribution in [-0.4, -0.2) is 29.7 Å². The van der Waals surface area contributed by atoms with Gasteiger partial charge in [0.2, 0.25) is 5.28 Å². The molecule has 0 saturated carbocycles. The van der Waals surface area contributed by atoms with Crippen molar-refractivity contribution in [1.82, 2.24) is 9.97 Å². The summed E-state index contributed by atoms with van der Waals surface area (Å²) < 4.78 is 5.38. The average molecular weight is 298 g/mol. The Morgan fingerprint density at radius 1 is 1.53 bits per heavy atom. The van der Waals surface area contributed by atoms with Crippen LogP contribution in [0.2, 0.25) is 5.28 Å². The molecular weight excluding hydrogens is 282 g/mol. The third kappa shape index (κ3) is 2.83.